The summed E-state index contributed by atoms with van der Waals surface area (Å²) in [4.78, 5) is 8.33. The van der Waals surface area contributed by atoms with Crippen LogP contribution in [0.3, 0.4) is 0 Å². The van der Waals surface area contributed by atoms with E-state index in [2.05, 4.69) is 14.7 Å². The quantitative estimate of drug-likeness (QED) is 0.919. The van der Waals surface area contributed by atoms with Crippen molar-refractivity contribution >= 4 is 15.8 Å². The predicted molar refractivity (Wildman–Crippen MR) is 79.9 cm³/mol. The summed E-state index contributed by atoms with van der Waals surface area (Å²) in [5.74, 6) is 0.335. The molecule has 0 saturated carbocycles. The predicted octanol–water partition coefficient (Wildman–Crippen LogP) is 2.60. The summed E-state index contributed by atoms with van der Waals surface area (Å²) in [6, 6.07) is 7.70. The highest BCUT2D eigenvalue weighted by atomic mass is 32.2. The first-order chi connectivity index (χ1) is 9.52. The van der Waals surface area contributed by atoms with E-state index in [4.69, 9.17) is 0 Å². The van der Waals surface area contributed by atoms with Gasteiger partial charge < -0.3 is 0 Å². The largest absolute Gasteiger partial charge is 0.266 e. The lowest BCUT2D eigenvalue weighted by molar-refractivity contribution is 0.599. The SMILES string of the molecule is CCCS(=O)(=O)Nc1nccnc1-c1ccc(C)cc1. The molecule has 1 aromatic carbocycles. The van der Waals surface area contributed by atoms with Crippen molar-refractivity contribution in [3.8, 4) is 11.3 Å². The van der Waals surface area contributed by atoms with Gasteiger partial charge in [0.15, 0.2) is 5.82 Å². The van der Waals surface area contributed by atoms with Crippen LogP contribution < -0.4 is 4.72 Å². The number of sulfonamides is 1. The number of benzene rings is 1. The van der Waals surface area contributed by atoms with E-state index >= 15 is 0 Å². The van der Waals surface area contributed by atoms with Crippen molar-refractivity contribution in [1.29, 1.82) is 0 Å². The van der Waals surface area contributed by atoms with Gasteiger partial charge in [-0.3, -0.25) is 9.71 Å². The molecule has 0 fully saturated rings. The molecule has 2 rings (SSSR count). The molecule has 0 bridgehead atoms. The van der Waals surface area contributed by atoms with E-state index in [1.165, 1.54) is 6.20 Å². The first-order valence-corrected chi connectivity index (χ1v) is 8.05. The topological polar surface area (TPSA) is 72.0 Å². The number of aryl methyl sites for hydroxylation is 1. The lowest BCUT2D eigenvalue weighted by Crippen LogP contribution is -2.17. The van der Waals surface area contributed by atoms with Crippen LogP contribution in [0.2, 0.25) is 0 Å². The first kappa shape index (κ1) is 14.5. The third-order valence-electron chi connectivity index (χ3n) is 2.75. The van der Waals surface area contributed by atoms with Crippen LogP contribution in [0.5, 0.6) is 0 Å². The van der Waals surface area contributed by atoms with E-state index in [9.17, 15) is 8.42 Å². The maximum absolute atomic E-state index is 11.9. The molecule has 1 aromatic heterocycles. The van der Waals surface area contributed by atoms with Crippen LogP contribution in [0.1, 0.15) is 18.9 Å². The molecule has 20 heavy (non-hydrogen) atoms. The van der Waals surface area contributed by atoms with Crippen molar-refractivity contribution in [3.63, 3.8) is 0 Å². The first-order valence-electron chi connectivity index (χ1n) is 6.40. The number of nitrogens with zero attached hydrogens (tertiary/aromatic N) is 2. The van der Waals surface area contributed by atoms with E-state index in [-0.39, 0.29) is 11.6 Å². The summed E-state index contributed by atoms with van der Waals surface area (Å²) in [5.41, 5.74) is 2.50. The van der Waals surface area contributed by atoms with Crippen molar-refractivity contribution < 1.29 is 8.42 Å². The second kappa shape index (κ2) is 6.00. The van der Waals surface area contributed by atoms with E-state index in [0.717, 1.165) is 11.1 Å². The second-order valence-electron chi connectivity index (χ2n) is 4.54. The molecule has 0 atom stereocenters. The molecule has 0 aliphatic rings. The van der Waals surface area contributed by atoms with Gasteiger partial charge in [0.1, 0.15) is 5.69 Å². The zero-order chi connectivity index (χ0) is 14.6. The highest BCUT2D eigenvalue weighted by Crippen LogP contribution is 2.24. The summed E-state index contributed by atoms with van der Waals surface area (Å²) < 4.78 is 26.2. The van der Waals surface area contributed by atoms with Gasteiger partial charge in [-0.1, -0.05) is 36.8 Å². The van der Waals surface area contributed by atoms with Crippen molar-refractivity contribution in [2.24, 2.45) is 0 Å². The molecule has 0 aliphatic heterocycles. The molecule has 2 aromatic rings. The monoisotopic (exact) mass is 291 g/mol. The van der Waals surface area contributed by atoms with Gasteiger partial charge >= 0.3 is 0 Å². The Morgan fingerprint density at radius 1 is 1.10 bits per heavy atom. The zero-order valence-electron chi connectivity index (χ0n) is 11.5. The molecule has 0 radical (unpaired) electrons. The van der Waals surface area contributed by atoms with Crippen LogP contribution in [0.25, 0.3) is 11.3 Å². The Hall–Kier alpha value is -1.95. The van der Waals surface area contributed by atoms with E-state index in [1.54, 1.807) is 6.20 Å². The Morgan fingerprint density at radius 2 is 1.75 bits per heavy atom. The summed E-state index contributed by atoms with van der Waals surface area (Å²) in [7, 11) is -3.38. The van der Waals surface area contributed by atoms with Gasteiger partial charge in [-0.2, -0.15) is 0 Å². The second-order valence-corrected chi connectivity index (χ2v) is 6.38. The zero-order valence-corrected chi connectivity index (χ0v) is 12.3. The van der Waals surface area contributed by atoms with Crippen LogP contribution in [0.15, 0.2) is 36.7 Å². The Balaban J connectivity index is 2.38. The number of rotatable bonds is 5. The van der Waals surface area contributed by atoms with Crippen molar-refractivity contribution in [2.75, 3.05) is 10.5 Å². The number of anilines is 1. The Kier molecular flexibility index (Phi) is 4.34. The fourth-order valence-electron chi connectivity index (χ4n) is 1.80. The summed E-state index contributed by atoms with van der Waals surface area (Å²) in [6.45, 7) is 3.81. The molecule has 0 aliphatic carbocycles. The lowest BCUT2D eigenvalue weighted by atomic mass is 10.1. The third kappa shape index (κ3) is 3.54. The smallest absolute Gasteiger partial charge is 0.233 e. The van der Waals surface area contributed by atoms with Crippen molar-refractivity contribution in [3.05, 3.63) is 42.2 Å². The van der Waals surface area contributed by atoms with Gasteiger partial charge in [0.25, 0.3) is 0 Å². The molecular formula is C14H17N3O2S. The summed E-state index contributed by atoms with van der Waals surface area (Å²) in [5, 5.41) is 0. The van der Waals surface area contributed by atoms with Crippen LogP contribution in [-0.4, -0.2) is 24.1 Å². The van der Waals surface area contributed by atoms with Crippen LogP contribution in [-0.2, 0) is 10.0 Å². The Morgan fingerprint density at radius 3 is 2.40 bits per heavy atom. The van der Waals surface area contributed by atoms with Gasteiger partial charge in [0, 0.05) is 18.0 Å². The fourth-order valence-corrected chi connectivity index (χ4v) is 2.89. The highest BCUT2D eigenvalue weighted by Gasteiger charge is 2.14. The van der Waals surface area contributed by atoms with Gasteiger partial charge in [0.2, 0.25) is 10.0 Å². The fraction of sp³-hybridized carbons (Fsp3) is 0.286. The number of hydrogen-bond donors (Lipinski definition) is 1. The number of hydrogen-bond acceptors (Lipinski definition) is 4. The Labute approximate surface area is 119 Å². The van der Waals surface area contributed by atoms with Crippen molar-refractivity contribution in [2.45, 2.75) is 20.3 Å². The molecule has 0 amide bonds. The van der Waals surface area contributed by atoms with E-state index < -0.39 is 10.0 Å². The molecular weight excluding hydrogens is 274 g/mol. The average Bonchev–Trinajstić information content (AvgIpc) is 2.40. The van der Waals surface area contributed by atoms with Crippen LogP contribution in [0, 0.1) is 6.92 Å². The molecule has 0 spiro atoms. The molecule has 0 unspecified atom stereocenters. The average molecular weight is 291 g/mol. The number of nitrogens with one attached hydrogen (secondary N) is 1. The molecule has 106 valence electrons. The summed E-state index contributed by atoms with van der Waals surface area (Å²) >= 11 is 0. The lowest BCUT2D eigenvalue weighted by Gasteiger charge is -2.10. The molecule has 1 N–H and O–H groups in total. The number of aromatic nitrogens is 2. The Bertz CT molecular complexity index is 682. The third-order valence-corrected chi connectivity index (χ3v) is 4.20. The molecule has 5 nitrogen and oxygen atoms in total. The highest BCUT2D eigenvalue weighted by molar-refractivity contribution is 7.92. The van der Waals surface area contributed by atoms with Gasteiger partial charge in [-0.15, -0.1) is 0 Å². The van der Waals surface area contributed by atoms with Crippen LogP contribution >= 0.6 is 0 Å². The normalized spacial score (nSPS) is 11.3. The minimum Gasteiger partial charge on any atom is -0.266 e. The standard InChI is InChI=1S/C14H17N3O2S/c1-3-10-20(18,19)17-14-13(15-8-9-16-14)12-6-4-11(2)5-7-12/h4-9H,3,10H2,1-2H3,(H,16,17). The van der Waals surface area contributed by atoms with Crippen LogP contribution in [0.4, 0.5) is 5.82 Å². The molecule has 6 heteroatoms. The summed E-state index contributed by atoms with van der Waals surface area (Å²) in [6.07, 6.45) is 3.57. The van der Waals surface area contributed by atoms with Crippen molar-refractivity contribution in [1.82, 2.24) is 9.97 Å². The maximum atomic E-state index is 11.9. The van der Waals surface area contributed by atoms with Gasteiger partial charge in [-0.05, 0) is 13.3 Å². The molecule has 1 heterocycles. The minimum absolute atomic E-state index is 0.0664. The van der Waals surface area contributed by atoms with Gasteiger partial charge in [0.05, 0.1) is 5.75 Å². The maximum Gasteiger partial charge on any atom is 0.233 e. The molecule has 0 saturated heterocycles. The minimum atomic E-state index is -3.38. The van der Waals surface area contributed by atoms with E-state index in [1.807, 2.05) is 38.1 Å². The van der Waals surface area contributed by atoms with Gasteiger partial charge in [-0.25, -0.2) is 13.4 Å². The van der Waals surface area contributed by atoms with E-state index in [0.29, 0.717) is 12.1 Å².